The number of hydrogen-bond donors (Lipinski definition) is 1. The SMILES string of the molecule is [B]OC(=O)C1(ON)CCC1. The van der Waals surface area contributed by atoms with Crippen molar-refractivity contribution >= 4 is 14.0 Å². The highest BCUT2D eigenvalue weighted by atomic mass is 16.7. The standard InChI is InChI=1S/C5H8BNO3/c6-9-4(8)5(10-7)2-1-3-5/h1-3,7H2. The van der Waals surface area contributed by atoms with E-state index in [2.05, 4.69) is 17.5 Å². The average molecular weight is 141 g/mol. The van der Waals surface area contributed by atoms with Crippen molar-refractivity contribution in [2.45, 2.75) is 24.9 Å². The van der Waals surface area contributed by atoms with Gasteiger partial charge in [-0.15, -0.1) is 0 Å². The van der Waals surface area contributed by atoms with Crippen molar-refractivity contribution in [3.63, 3.8) is 0 Å². The van der Waals surface area contributed by atoms with Crippen LogP contribution in [0.25, 0.3) is 0 Å². The van der Waals surface area contributed by atoms with Crippen LogP contribution in [0.1, 0.15) is 19.3 Å². The lowest BCUT2D eigenvalue weighted by Gasteiger charge is -2.36. The van der Waals surface area contributed by atoms with Crippen LogP contribution in [-0.4, -0.2) is 19.6 Å². The molecular formula is C5H8BNO3. The van der Waals surface area contributed by atoms with Gasteiger partial charge in [0, 0.05) is 0 Å². The second-order valence-corrected chi connectivity index (χ2v) is 2.37. The van der Waals surface area contributed by atoms with E-state index in [9.17, 15) is 4.79 Å². The predicted molar refractivity (Wildman–Crippen MR) is 33.7 cm³/mol. The zero-order valence-electron chi connectivity index (χ0n) is 5.50. The number of hydrogen-bond acceptors (Lipinski definition) is 4. The van der Waals surface area contributed by atoms with Crippen LogP contribution >= 0.6 is 0 Å². The van der Waals surface area contributed by atoms with E-state index in [0.717, 1.165) is 6.42 Å². The molecule has 10 heavy (non-hydrogen) atoms. The monoisotopic (exact) mass is 141 g/mol. The van der Waals surface area contributed by atoms with Gasteiger partial charge in [0.1, 0.15) is 0 Å². The number of rotatable bonds is 2. The highest BCUT2D eigenvalue weighted by Crippen LogP contribution is 2.34. The molecule has 0 atom stereocenters. The highest BCUT2D eigenvalue weighted by molar-refractivity contribution is 6.07. The largest absolute Gasteiger partial charge is 0.541 e. The molecule has 2 N–H and O–H groups in total. The molecule has 4 nitrogen and oxygen atoms in total. The Balaban J connectivity index is 2.55. The molecule has 1 rings (SSSR count). The molecular weight excluding hydrogens is 133 g/mol. The van der Waals surface area contributed by atoms with Gasteiger partial charge in [-0.25, -0.2) is 5.90 Å². The van der Waals surface area contributed by atoms with Gasteiger partial charge in [-0.2, -0.15) is 0 Å². The Morgan fingerprint density at radius 3 is 2.30 bits per heavy atom. The van der Waals surface area contributed by atoms with Crippen LogP contribution in [0.3, 0.4) is 0 Å². The molecule has 0 aliphatic heterocycles. The summed E-state index contributed by atoms with van der Waals surface area (Å²) in [6.07, 6.45) is 2.12. The van der Waals surface area contributed by atoms with E-state index in [1.807, 2.05) is 0 Å². The zero-order valence-corrected chi connectivity index (χ0v) is 5.50. The highest BCUT2D eigenvalue weighted by Gasteiger charge is 2.46. The van der Waals surface area contributed by atoms with Crippen LogP contribution in [0, 0.1) is 0 Å². The summed E-state index contributed by atoms with van der Waals surface area (Å²) < 4.78 is 4.00. The van der Waals surface area contributed by atoms with E-state index in [1.165, 1.54) is 0 Å². The maximum atomic E-state index is 10.8. The van der Waals surface area contributed by atoms with Crippen molar-refractivity contribution in [3.05, 3.63) is 0 Å². The van der Waals surface area contributed by atoms with Crippen LogP contribution in [0.15, 0.2) is 0 Å². The van der Waals surface area contributed by atoms with Crippen molar-refractivity contribution in [2.24, 2.45) is 5.90 Å². The summed E-state index contributed by atoms with van der Waals surface area (Å²) in [6.45, 7) is 0. The molecule has 1 fully saturated rings. The number of nitrogens with two attached hydrogens (primary N) is 1. The summed E-state index contributed by atoms with van der Waals surface area (Å²) in [6, 6.07) is 0. The van der Waals surface area contributed by atoms with Gasteiger partial charge in [0.05, 0.1) is 0 Å². The molecule has 0 aromatic carbocycles. The van der Waals surface area contributed by atoms with Gasteiger partial charge in [-0.1, -0.05) is 0 Å². The maximum absolute atomic E-state index is 10.8. The first-order valence-corrected chi connectivity index (χ1v) is 3.04. The van der Waals surface area contributed by atoms with Crippen molar-refractivity contribution in [1.82, 2.24) is 0 Å². The molecule has 0 unspecified atom stereocenters. The fourth-order valence-corrected chi connectivity index (χ4v) is 0.975. The van der Waals surface area contributed by atoms with Gasteiger partial charge in [0.15, 0.2) is 5.60 Å². The first-order chi connectivity index (χ1) is 4.75. The molecule has 2 radical (unpaired) electrons. The van der Waals surface area contributed by atoms with E-state index in [1.54, 1.807) is 0 Å². The minimum absolute atomic E-state index is 0.582. The van der Waals surface area contributed by atoms with Crippen molar-refractivity contribution in [3.8, 4) is 0 Å². The Hall–Kier alpha value is -0.545. The molecule has 1 aliphatic rings. The summed E-state index contributed by atoms with van der Waals surface area (Å²) in [5.41, 5.74) is -0.936. The second-order valence-electron chi connectivity index (χ2n) is 2.37. The number of carbonyl (C=O) groups excluding carboxylic acids is 1. The minimum Gasteiger partial charge on any atom is -0.541 e. The summed E-state index contributed by atoms with van der Waals surface area (Å²) in [5.74, 6) is 4.31. The molecule has 0 heterocycles. The third-order valence-corrected chi connectivity index (χ3v) is 1.87. The molecule has 0 aromatic rings. The molecule has 0 bridgehead atoms. The Morgan fingerprint density at radius 1 is 1.60 bits per heavy atom. The van der Waals surface area contributed by atoms with Gasteiger partial charge in [-0.05, 0) is 19.3 Å². The van der Waals surface area contributed by atoms with E-state index in [0.29, 0.717) is 12.8 Å². The molecule has 1 aliphatic carbocycles. The Morgan fingerprint density at radius 2 is 2.20 bits per heavy atom. The third-order valence-electron chi connectivity index (χ3n) is 1.87. The first kappa shape index (κ1) is 7.56. The third kappa shape index (κ3) is 0.912. The fraction of sp³-hybridized carbons (Fsp3) is 0.800. The van der Waals surface area contributed by atoms with Gasteiger partial charge < -0.3 is 4.65 Å². The summed E-state index contributed by atoms with van der Waals surface area (Å²) >= 11 is 0. The Labute approximate surface area is 60.1 Å². The van der Waals surface area contributed by atoms with Gasteiger partial charge in [0.25, 0.3) is 0 Å². The fourth-order valence-electron chi connectivity index (χ4n) is 0.975. The lowest BCUT2D eigenvalue weighted by molar-refractivity contribution is -0.176. The van der Waals surface area contributed by atoms with E-state index in [4.69, 9.17) is 5.90 Å². The topological polar surface area (TPSA) is 61.5 Å². The Bertz CT molecular complexity index is 140. The Kier molecular flexibility index (Phi) is 1.96. The van der Waals surface area contributed by atoms with Crippen LogP contribution in [-0.2, 0) is 14.3 Å². The maximum Gasteiger partial charge on any atom is 0.378 e. The summed E-state index contributed by atoms with van der Waals surface area (Å²) in [4.78, 5) is 15.3. The van der Waals surface area contributed by atoms with Crippen molar-refractivity contribution in [2.75, 3.05) is 0 Å². The average Bonchev–Trinajstić information content (AvgIpc) is 1.86. The van der Waals surface area contributed by atoms with Crippen molar-refractivity contribution < 1.29 is 14.3 Å². The van der Waals surface area contributed by atoms with Gasteiger partial charge in [-0.3, -0.25) is 9.63 Å². The molecule has 5 heteroatoms. The van der Waals surface area contributed by atoms with Gasteiger partial charge >= 0.3 is 14.0 Å². The van der Waals surface area contributed by atoms with Gasteiger partial charge in [0.2, 0.25) is 0 Å². The minimum atomic E-state index is -0.936. The van der Waals surface area contributed by atoms with Crippen LogP contribution in [0.2, 0.25) is 0 Å². The predicted octanol–water partition coefficient (Wildman–Crippen LogP) is -0.574. The first-order valence-electron chi connectivity index (χ1n) is 3.04. The van der Waals surface area contributed by atoms with Crippen LogP contribution in [0.5, 0.6) is 0 Å². The summed E-state index contributed by atoms with van der Waals surface area (Å²) in [5, 5.41) is 0. The van der Waals surface area contributed by atoms with E-state index in [-0.39, 0.29) is 0 Å². The molecule has 0 saturated heterocycles. The normalized spacial score (nSPS) is 21.3. The smallest absolute Gasteiger partial charge is 0.378 e. The van der Waals surface area contributed by atoms with E-state index >= 15 is 0 Å². The lowest BCUT2D eigenvalue weighted by Crippen LogP contribution is -2.50. The quantitative estimate of drug-likeness (QED) is 0.413. The summed E-state index contributed by atoms with van der Waals surface area (Å²) in [7, 11) is 4.66. The van der Waals surface area contributed by atoms with Crippen LogP contribution < -0.4 is 5.90 Å². The molecule has 0 spiro atoms. The lowest BCUT2D eigenvalue weighted by atomic mass is 9.80. The second kappa shape index (κ2) is 2.60. The van der Waals surface area contributed by atoms with E-state index < -0.39 is 11.6 Å². The van der Waals surface area contributed by atoms with Crippen molar-refractivity contribution in [1.29, 1.82) is 0 Å². The number of carbonyl (C=O) groups is 1. The molecule has 0 aromatic heterocycles. The molecule has 54 valence electrons. The zero-order chi connectivity index (χ0) is 7.61. The molecule has 0 amide bonds. The molecule has 1 saturated carbocycles. The van der Waals surface area contributed by atoms with Crippen LogP contribution in [0.4, 0.5) is 0 Å².